The molecule has 1 unspecified atom stereocenters. The van der Waals surface area contributed by atoms with E-state index in [0.717, 1.165) is 11.3 Å². The number of hydrogen-bond donors (Lipinski definition) is 2. The molecule has 6 heteroatoms. The SMILES string of the molecule is Cn1nncc1CNC(CO)c1ccc(Cl)cc1. The van der Waals surface area contributed by atoms with Crippen LogP contribution in [0.1, 0.15) is 17.3 Å². The molecule has 5 nitrogen and oxygen atoms in total. The summed E-state index contributed by atoms with van der Waals surface area (Å²) in [5.74, 6) is 0. The van der Waals surface area contributed by atoms with Gasteiger partial charge < -0.3 is 10.4 Å². The van der Waals surface area contributed by atoms with Crippen molar-refractivity contribution in [3.63, 3.8) is 0 Å². The summed E-state index contributed by atoms with van der Waals surface area (Å²) in [5, 5.41) is 21.0. The molecule has 18 heavy (non-hydrogen) atoms. The number of rotatable bonds is 5. The van der Waals surface area contributed by atoms with Gasteiger partial charge in [0, 0.05) is 18.6 Å². The number of nitrogens with zero attached hydrogens (tertiary/aromatic N) is 3. The van der Waals surface area contributed by atoms with Crippen LogP contribution in [0.5, 0.6) is 0 Å². The largest absolute Gasteiger partial charge is 0.394 e. The second kappa shape index (κ2) is 5.95. The molecule has 1 atom stereocenters. The van der Waals surface area contributed by atoms with Crippen molar-refractivity contribution in [2.24, 2.45) is 7.05 Å². The lowest BCUT2D eigenvalue weighted by molar-refractivity contribution is 0.243. The fraction of sp³-hybridized carbons (Fsp3) is 0.333. The number of aromatic nitrogens is 3. The van der Waals surface area contributed by atoms with Gasteiger partial charge in [0.2, 0.25) is 0 Å². The van der Waals surface area contributed by atoms with Crippen molar-refractivity contribution in [3.05, 3.63) is 46.7 Å². The molecule has 1 heterocycles. The monoisotopic (exact) mass is 266 g/mol. The number of aliphatic hydroxyl groups excluding tert-OH is 1. The number of nitrogens with one attached hydrogen (secondary N) is 1. The lowest BCUT2D eigenvalue weighted by Crippen LogP contribution is -2.25. The highest BCUT2D eigenvalue weighted by Crippen LogP contribution is 2.16. The molecule has 0 amide bonds. The molecule has 2 N–H and O–H groups in total. The third kappa shape index (κ3) is 3.07. The Morgan fingerprint density at radius 2 is 2.11 bits per heavy atom. The van der Waals surface area contributed by atoms with E-state index in [4.69, 9.17) is 11.6 Å². The zero-order valence-electron chi connectivity index (χ0n) is 10.0. The maximum absolute atomic E-state index is 9.41. The zero-order valence-corrected chi connectivity index (χ0v) is 10.8. The van der Waals surface area contributed by atoms with Crippen molar-refractivity contribution < 1.29 is 5.11 Å². The van der Waals surface area contributed by atoms with Crippen LogP contribution in [-0.4, -0.2) is 26.7 Å². The van der Waals surface area contributed by atoms with Gasteiger partial charge in [-0.15, -0.1) is 5.10 Å². The molecule has 2 aromatic rings. The molecular formula is C12H15ClN4O. The zero-order chi connectivity index (χ0) is 13.0. The molecule has 1 aromatic carbocycles. The van der Waals surface area contributed by atoms with Gasteiger partial charge >= 0.3 is 0 Å². The molecule has 0 fully saturated rings. The standard InChI is InChI=1S/C12H15ClN4O/c1-17-11(7-15-16-17)6-14-12(8-18)9-2-4-10(13)5-3-9/h2-5,7,12,14,18H,6,8H2,1H3. The summed E-state index contributed by atoms with van der Waals surface area (Å²) in [4.78, 5) is 0. The minimum Gasteiger partial charge on any atom is -0.394 e. The van der Waals surface area contributed by atoms with Crippen LogP contribution >= 0.6 is 11.6 Å². The molecule has 0 saturated carbocycles. The summed E-state index contributed by atoms with van der Waals surface area (Å²) >= 11 is 5.84. The Balaban J connectivity index is 2.01. The van der Waals surface area contributed by atoms with E-state index < -0.39 is 0 Å². The van der Waals surface area contributed by atoms with Crippen molar-refractivity contribution in [3.8, 4) is 0 Å². The third-order valence-electron chi connectivity index (χ3n) is 2.79. The van der Waals surface area contributed by atoms with Crippen LogP contribution in [-0.2, 0) is 13.6 Å². The highest BCUT2D eigenvalue weighted by Gasteiger charge is 2.10. The molecule has 1 aromatic heterocycles. The molecule has 0 aliphatic carbocycles. The molecule has 0 saturated heterocycles. The van der Waals surface area contributed by atoms with E-state index in [1.165, 1.54) is 0 Å². The van der Waals surface area contributed by atoms with Crippen LogP contribution in [0.25, 0.3) is 0 Å². The van der Waals surface area contributed by atoms with Gasteiger partial charge in [0.05, 0.1) is 24.5 Å². The molecule has 0 spiro atoms. The quantitative estimate of drug-likeness (QED) is 0.856. The second-order valence-corrected chi connectivity index (χ2v) is 4.45. The predicted molar refractivity (Wildman–Crippen MR) is 69.1 cm³/mol. The van der Waals surface area contributed by atoms with Crippen LogP contribution in [0.2, 0.25) is 5.02 Å². The highest BCUT2D eigenvalue weighted by molar-refractivity contribution is 6.30. The Hall–Kier alpha value is -1.43. The van der Waals surface area contributed by atoms with Crippen LogP contribution in [0.4, 0.5) is 0 Å². The summed E-state index contributed by atoms with van der Waals surface area (Å²) in [6.45, 7) is 0.615. The van der Waals surface area contributed by atoms with E-state index in [1.54, 1.807) is 10.9 Å². The normalized spacial score (nSPS) is 12.6. The highest BCUT2D eigenvalue weighted by atomic mass is 35.5. The van der Waals surface area contributed by atoms with Crippen molar-refractivity contribution in [2.75, 3.05) is 6.61 Å². The first-order valence-corrected chi connectivity index (χ1v) is 6.01. The predicted octanol–water partition coefficient (Wildman–Crippen LogP) is 1.29. The van der Waals surface area contributed by atoms with E-state index in [0.29, 0.717) is 11.6 Å². The fourth-order valence-electron chi connectivity index (χ4n) is 1.68. The number of aliphatic hydroxyl groups is 1. The molecule has 0 aliphatic heterocycles. The van der Waals surface area contributed by atoms with E-state index in [-0.39, 0.29) is 12.6 Å². The molecule has 0 radical (unpaired) electrons. The van der Waals surface area contributed by atoms with Crippen LogP contribution in [0.15, 0.2) is 30.5 Å². The first-order valence-electron chi connectivity index (χ1n) is 5.64. The maximum Gasteiger partial charge on any atom is 0.0738 e. The summed E-state index contributed by atoms with van der Waals surface area (Å²) in [6, 6.07) is 7.30. The summed E-state index contributed by atoms with van der Waals surface area (Å²) in [7, 11) is 1.83. The first kappa shape index (κ1) is 13.0. The number of halogens is 1. The van der Waals surface area contributed by atoms with Gasteiger partial charge in [-0.25, -0.2) is 0 Å². The minimum absolute atomic E-state index is 0.0207. The molecule has 0 aliphatic rings. The summed E-state index contributed by atoms with van der Waals surface area (Å²) < 4.78 is 1.70. The topological polar surface area (TPSA) is 63.0 Å². The summed E-state index contributed by atoms with van der Waals surface area (Å²) in [5.41, 5.74) is 1.96. The van der Waals surface area contributed by atoms with Crippen molar-refractivity contribution in [2.45, 2.75) is 12.6 Å². The first-order chi connectivity index (χ1) is 8.70. The lowest BCUT2D eigenvalue weighted by Gasteiger charge is -2.16. The van der Waals surface area contributed by atoms with Gasteiger partial charge in [-0.1, -0.05) is 28.9 Å². The Kier molecular flexibility index (Phi) is 4.30. The molecule has 96 valence electrons. The van der Waals surface area contributed by atoms with E-state index in [9.17, 15) is 5.11 Å². The van der Waals surface area contributed by atoms with Gasteiger partial charge in [0.15, 0.2) is 0 Å². The van der Waals surface area contributed by atoms with Crippen molar-refractivity contribution in [1.82, 2.24) is 20.3 Å². The van der Waals surface area contributed by atoms with Crippen molar-refractivity contribution >= 4 is 11.6 Å². The summed E-state index contributed by atoms with van der Waals surface area (Å²) in [6.07, 6.45) is 1.70. The van der Waals surface area contributed by atoms with Crippen molar-refractivity contribution in [1.29, 1.82) is 0 Å². The van der Waals surface area contributed by atoms with E-state index >= 15 is 0 Å². The Morgan fingerprint density at radius 1 is 1.39 bits per heavy atom. The second-order valence-electron chi connectivity index (χ2n) is 4.02. The third-order valence-corrected chi connectivity index (χ3v) is 3.04. The minimum atomic E-state index is -0.128. The van der Waals surface area contributed by atoms with Crippen LogP contribution < -0.4 is 5.32 Å². The Morgan fingerprint density at radius 3 is 2.67 bits per heavy atom. The smallest absolute Gasteiger partial charge is 0.0738 e. The molecule has 0 bridgehead atoms. The fourth-order valence-corrected chi connectivity index (χ4v) is 1.81. The maximum atomic E-state index is 9.41. The number of benzene rings is 1. The van der Waals surface area contributed by atoms with E-state index in [1.807, 2.05) is 31.3 Å². The van der Waals surface area contributed by atoms with Gasteiger partial charge in [0.1, 0.15) is 0 Å². The molecular weight excluding hydrogens is 252 g/mol. The van der Waals surface area contributed by atoms with Gasteiger partial charge in [-0.2, -0.15) is 0 Å². The average molecular weight is 267 g/mol. The van der Waals surface area contributed by atoms with Gasteiger partial charge in [-0.05, 0) is 17.7 Å². The van der Waals surface area contributed by atoms with Crippen LogP contribution in [0, 0.1) is 0 Å². The van der Waals surface area contributed by atoms with Gasteiger partial charge in [-0.3, -0.25) is 4.68 Å². The van der Waals surface area contributed by atoms with E-state index in [2.05, 4.69) is 15.6 Å². The Labute approximate surface area is 110 Å². The number of aryl methyl sites for hydroxylation is 1. The average Bonchev–Trinajstić information content (AvgIpc) is 2.78. The Bertz CT molecular complexity index is 497. The lowest BCUT2D eigenvalue weighted by atomic mass is 10.1. The molecule has 2 rings (SSSR count). The van der Waals surface area contributed by atoms with Gasteiger partial charge in [0.25, 0.3) is 0 Å². The van der Waals surface area contributed by atoms with Crippen LogP contribution in [0.3, 0.4) is 0 Å². The number of hydrogen-bond acceptors (Lipinski definition) is 4.